The van der Waals surface area contributed by atoms with E-state index in [1.807, 2.05) is 30.3 Å². The molecule has 1 aromatic carbocycles. The molecular formula is C12H7BrN2. The van der Waals surface area contributed by atoms with E-state index >= 15 is 0 Å². The quantitative estimate of drug-likeness (QED) is 0.787. The Morgan fingerprint density at radius 1 is 1.20 bits per heavy atom. The Balaban J connectivity index is 2.60. The van der Waals surface area contributed by atoms with Crippen molar-refractivity contribution in [3.8, 4) is 17.3 Å². The van der Waals surface area contributed by atoms with Crippen LogP contribution in [0.1, 0.15) is 5.56 Å². The zero-order chi connectivity index (χ0) is 10.7. The highest BCUT2D eigenvalue weighted by Gasteiger charge is 2.05. The average molecular weight is 259 g/mol. The zero-order valence-electron chi connectivity index (χ0n) is 7.81. The van der Waals surface area contributed by atoms with Crippen molar-refractivity contribution in [1.82, 2.24) is 4.98 Å². The van der Waals surface area contributed by atoms with Gasteiger partial charge < -0.3 is 0 Å². The summed E-state index contributed by atoms with van der Waals surface area (Å²) in [6, 6.07) is 13.4. The summed E-state index contributed by atoms with van der Waals surface area (Å²) >= 11 is 3.34. The lowest BCUT2D eigenvalue weighted by Crippen LogP contribution is -1.86. The Kier molecular flexibility index (Phi) is 2.79. The molecule has 0 saturated carbocycles. The minimum absolute atomic E-state index is 0.628. The lowest BCUT2D eigenvalue weighted by molar-refractivity contribution is 1.32. The van der Waals surface area contributed by atoms with Crippen LogP contribution < -0.4 is 0 Å². The predicted molar refractivity (Wildman–Crippen MR) is 62.1 cm³/mol. The minimum Gasteiger partial charge on any atom is -0.256 e. The van der Waals surface area contributed by atoms with Crippen LogP contribution in [0.2, 0.25) is 0 Å². The first-order valence-corrected chi connectivity index (χ1v) is 5.21. The van der Waals surface area contributed by atoms with Gasteiger partial charge in [0.15, 0.2) is 0 Å². The monoisotopic (exact) mass is 258 g/mol. The minimum atomic E-state index is 0.628. The molecule has 2 aromatic rings. The van der Waals surface area contributed by atoms with E-state index in [4.69, 9.17) is 5.26 Å². The van der Waals surface area contributed by atoms with E-state index in [1.165, 1.54) is 0 Å². The van der Waals surface area contributed by atoms with Crippen molar-refractivity contribution in [2.24, 2.45) is 0 Å². The molecule has 0 unspecified atom stereocenters. The molecule has 2 rings (SSSR count). The normalized spacial score (nSPS) is 9.60. The second kappa shape index (κ2) is 4.24. The molecule has 3 heteroatoms. The molecule has 0 aliphatic carbocycles. The third-order valence-electron chi connectivity index (χ3n) is 2.04. The number of hydrogen-bond acceptors (Lipinski definition) is 2. The van der Waals surface area contributed by atoms with Crippen molar-refractivity contribution >= 4 is 15.9 Å². The third kappa shape index (κ3) is 2.05. The molecule has 0 aliphatic heterocycles. The third-order valence-corrected chi connectivity index (χ3v) is 2.54. The van der Waals surface area contributed by atoms with Crippen LogP contribution in [-0.2, 0) is 0 Å². The van der Waals surface area contributed by atoms with Gasteiger partial charge in [0.25, 0.3) is 0 Å². The highest BCUT2D eigenvalue weighted by atomic mass is 79.9. The maximum absolute atomic E-state index is 9.01. The van der Waals surface area contributed by atoms with Crippen LogP contribution in [0.15, 0.2) is 47.1 Å². The van der Waals surface area contributed by atoms with Crippen molar-refractivity contribution in [3.63, 3.8) is 0 Å². The molecule has 0 amide bonds. The second-order valence-corrected chi connectivity index (χ2v) is 3.93. The van der Waals surface area contributed by atoms with Gasteiger partial charge in [-0.3, -0.25) is 4.98 Å². The zero-order valence-corrected chi connectivity index (χ0v) is 9.40. The molecule has 15 heavy (non-hydrogen) atoms. The molecule has 1 aromatic heterocycles. The Hall–Kier alpha value is -1.66. The number of nitrogens with zero attached hydrogens (tertiary/aromatic N) is 2. The fourth-order valence-electron chi connectivity index (χ4n) is 1.35. The average Bonchev–Trinajstić information content (AvgIpc) is 2.30. The second-order valence-electron chi connectivity index (χ2n) is 3.02. The van der Waals surface area contributed by atoms with E-state index in [0.717, 1.165) is 15.7 Å². The molecule has 0 radical (unpaired) electrons. The first-order valence-electron chi connectivity index (χ1n) is 4.42. The van der Waals surface area contributed by atoms with Gasteiger partial charge in [0.1, 0.15) is 0 Å². The van der Waals surface area contributed by atoms with E-state index in [2.05, 4.69) is 27.0 Å². The van der Waals surface area contributed by atoms with Crippen LogP contribution in [0.5, 0.6) is 0 Å². The molecule has 0 fully saturated rings. The lowest BCUT2D eigenvalue weighted by Gasteiger charge is -2.02. The van der Waals surface area contributed by atoms with Gasteiger partial charge in [-0.05, 0) is 24.3 Å². The van der Waals surface area contributed by atoms with Crippen LogP contribution in [0, 0.1) is 11.3 Å². The highest BCUT2D eigenvalue weighted by Crippen LogP contribution is 2.24. The van der Waals surface area contributed by atoms with Gasteiger partial charge in [0, 0.05) is 16.2 Å². The summed E-state index contributed by atoms with van der Waals surface area (Å²) in [5.74, 6) is 0. The predicted octanol–water partition coefficient (Wildman–Crippen LogP) is 3.38. The molecule has 0 spiro atoms. The molecular weight excluding hydrogens is 252 g/mol. The topological polar surface area (TPSA) is 36.7 Å². The molecule has 0 bridgehead atoms. The van der Waals surface area contributed by atoms with Gasteiger partial charge >= 0.3 is 0 Å². The first-order chi connectivity index (χ1) is 7.31. The van der Waals surface area contributed by atoms with E-state index in [9.17, 15) is 0 Å². The molecule has 0 atom stereocenters. The van der Waals surface area contributed by atoms with Crippen molar-refractivity contribution in [1.29, 1.82) is 5.26 Å². The number of rotatable bonds is 1. The molecule has 0 saturated heterocycles. The van der Waals surface area contributed by atoms with Crippen LogP contribution in [0.25, 0.3) is 11.3 Å². The summed E-state index contributed by atoms with van der Waals surface area (Å²) in [6.07, 6.45) is 1.72. The maximum atomic E-state index is 9.01. The van der Waals surface area contributed by atoms with E-state index in [-0.39, 0.29) is 0 Å². The summed E-state index contributed by atoms with van der Waals surface area (Å²) in [4.78, 5) is 4.22. The Morgan fingerprint density at radius 2 is 2.07 bits per heavy atom. The lowest BCUT2D eigenvalue weighted by atomic mass is 10.1. The number of pyridine rings is 1. The molecule has 1 heterocycles. The summed E-state index contributed by atoms with van der Waals surface area (Å²) in [7, 11) is 0. The van der Waals surface area contributed by atoms with Gasteiger partial charge in [-0.15, -0.1) is 0 Å². The SMILES string of the molecule is N#Cc1cc(Br)ccc1-c1ccccn1. The summed E-state index contributed by atoms with van der Waals surface area (Å²) < 4.78 is 0.902. The highest BCUT2D eigenvalue weighted by molar-refractivity contribution is 9.10. The van der Waals surface area contributed by atoms with Gasteiger partial charge in [0.2, 0.25) is 0 Å². The largest absolute Gasteiger partial charge is 0.256 e. The van der Waals surface area contributed by atoms with Gasteiger partial charge in [-0.2, -0.15) is 5.26 Å². The Bertz CT molecular complexity index is 515. The van der Waals surface area contributed by atoms with Crippen LogP contribution in [0.3, 0.4) is 0 Å². The molecule has 72 valence electrons. The Labute approximate surface area is 96.3 Å². The summed E-state index contributed by atoms with van der Waals surface area (Å²) in [5.41, 5.74) is 2.31. The smallest absolute Gasteiger partial charge is 0.0999 e. The first kappa shape index (κ1) is 9.88. The fourth-order valence-corrected chi connectivity index (χ4v) is 1.72. The number of benzene rings is 1. The number of aromatic nitrogens is 1. The van der Waals surface area contributed by atoms with Crippen LogP contribution in [-0.4, -0.2) is 4.98 Å². The number of halogens is 1. The number of nitriles is 1. The number of hydrogen-bond donors (Lipinski definition) is 0. The standard InChI is InChI=1S/C12H7BrN2/c13-10-4-5-11(9(7-10)8-14)12-3-1-2-6-15-12/h1-7H. The fraction of sp³-hybridized carbons (Fsp3) is 0. The molecule has 0 aliphatic rings. The van der Waals surface area contributed by atoms with Crippen molar-refractivity contribution < 1.29 is 0 Å². The Morgan fingerprint density at radius 3 is 2.73 bits per heavy atom. The van der Waals surface area contributed by atoms with Crippen LogP contribution >= 0.6 is 15.9 Å². The van der Waals surface area contributed by atoms with Crippen LogP contribution in [0.4, 0.5) is 0 Å². The van der Waals surface area contributed by atoms with E-state index in [0.29, 0.717) is 5.56 Å². The van der Waals surface area contributed by atoms with Gasteiger partial charge in [-0.1, -0.05) is 28.1 Å². The summed E-state index contributed by atoms with van der Waals surface area (Å²) in [5, 5.41) is 9.01. The maximum Gasteiger partial charge on any atom is 0.0999 e. The van der Waals surface area contributed by atoms with Gasteiger partial charge in [0.05, 0.1) is 17.3 Å². The molecule has 2 nitrogen and oxygen atoms in total. The van der Waals surface area contributed by atoms with E-state index < -0.39 is 0 Å². The van der Waals surface area contributed by atoms with E-state index in [1.54, 1.807) is 12.3 Å². The molecule has 0 N–H and O–H groups in total. The van der Waals surface area contributed by atoms with Crippen molar-refractivity contribution in [2.45, 2.75) is 0 Å². The summed E-state index contributed by atoms with van der Waals surface area (Å²) in [6.45, 7) is 0. The van der Waals surface area contributed by atoms with Crippen molar-refractivity contribution in [2.75, 3.05) is 0 Å². The van der Waals surface area contributed by atoms with Crippen molar-refractivity contribution in [3.05, 3.63) is 52.6 Å². The van der Waals surface area contributed by atoms with Gasteiger partial charge in [-0.25, -0.2) is 0 Å².